The molecule has 2 aromatic heterocycles. The largest absolute Gasteiger partial charge is 0.360 e. The molecule has 0 aliphatic heterocycles. The predicted octanol–water partition coefficient (Wildman–Crippen LogP) is 0.633. The number of hydrogen-bond acceptors (Lipinski definition) is 8. The average molecular weight is 292 g/mol. The topological polar surface area (TPSA) is 137 Å². The van der Waals surface area contributed by atoms with Crippen molar-refractivity contribution in [2.24, 2.45) is 12.9 Å². The first kappa shape index (κ1) is 14.7. The molecular weight excluding hydrogens is 276 g/mol. The number of aromatic nitrogens is 4. The number of nitrogen functional groups attached to an aromatic ring is 1. The minimum absolute atomic E-state index is 0.114. The van der Waals surface area contributed by atoms with Crippen LogP contribution in [-0.4, -0.2) is 24.7 Å². The first-order chi connectivity index (χ1) is 9.93. The summed E-state index contributed by atoms with van der Waals surface area (Å²) < 4.78 is 1.73. The predicted molar refractivity (Wildman–Crippen MR) is 76.5 cm³/mol. The lowest BCUT2D eigenvalue weighted by atomic mass is 10.2. The van der Waals surface area contributed by atoms with E-state index in [9.17, 15) is 10.1 Å². The number of rotatable bonds is 5. The van der Waals surface area contributed by atoms with Crippen molar-refractivity contribution in [3.8, 4) is 0 Å². The Morgan fingerprint density at radius 2 is 2.14 bits per heavy atom. The highest BCUT2D eigenvalue weighted by atomic mass is 16.6. The van der Waals surface area contributed by atoms with Crippen LogP contribution < -0.4 is 16.6 Å². The molecule has 21 heavy (non-hydrogen) atoms. The second kappa shape index (κ2) is 5.71. The van der Waals surface area contributed by atoms with Crippen molar-refractivity contribution < 1.29 is 4.92 Å². The Bertz CT molecular complexity index is 681. The number of nitrogens with zero attached hydrogens (tertiary/aromatic N) is 5. The SMILES string of the molecule is Cc1nc(NN)nc(NCc2cnn(C)c2C)c1[N+](=O)[O-]. The summed E-state index contributed by atoms with van der Waals surface area (Å²) in [7, 11) is 1.83. The third-order valence-corrected chi connectivity index (χ3v) is 3.15. The van der Waals surface area contributed by atoms with Gasteiger partial charge in [-0.1, -0.05) is 0 Å². The lowest BCUT2D eigenvalue weighted by Crippen LogP contribution is -2.14. The van der Waals surface area contributed by atoms with E-state index in [1.54, 1.807) is 10.9 Å². The van der Waals surface area contributed by atoms with E-state index < -0.39 is 4.92 Å². The molecule has 2 rings (SSSR count). The van der Waals surface area contributed by atoms with Gasteiger partial charge in [0.2, 0.25) is 11.8 Å². The van der Waals surface area contributed by atoms with Crippen LogP contribution >= 0.6 is 0 Å². The molecule has 2 heterocycles. The minimum atomic E-state index is -0.520. The van der Waals surface area contributed by atoms with Crippen LogP contribution in [0, 0.1) is 24.0 Å². The molecule has 0 aromatic carbocycles. The van der Waals surface area contributed by atoms with Gasteiger partial charge in [-0.25, -0.2) is 10.8 Å². The molecule has 0 bridgehead atoms. The van der Waals surface area contributed by atoms with Crippen molar-refractivity contribution in [3.05, 3.63) is 33.3 Å². The van der Waals surface area contributed by atoms with Crippen LogP contribution in [0.25, 0.3) is 0 Å². The minimum Gasteiger partial charge on any atom is -0.360 e. The van der Waals surface area contributed by atoms with Crippen LogP contribution in [0.4, 0.5) is 17.5 Å². The van der Waals surface area contributed by atoms with Crippen molar-refractivity contribution >= 4 is 17.5 Å². The Labute approximate surface area is 120 Å². The fourth-order valence-electron chi connectivity index (χ4n) is 1.87. The Kier molecular flexibility index (Phi) is 3.98. The summed E-state index contributed by atoms with van der Waals surface area (Å²) in [5, 5.41) is 18.2. The summed E-state index contributed by atoms with van der Waals surface area (Å²) in [5.41, 5.74) is 4.23. The van der Waals surface area contributed by atoms with Gasteiger partial charge in [0.05, 0.1) is 11.1 Å². The molecule has 0 saturated heterocycles. The van der Waals surface area contributed by atoms with E-state index in [4.69, 9.17) is 5.84 Å². The monoisotopic (exact) mass is 292 g/mol. The number of hydrazine groups is 1. The molecule has 0 atom stereocenters. The highest BCUT2D eigenvalue weighted by Gasteiger charge is 2.22. The summed E-state index contributed by atoms with van der Waals surface area (Å²) in [6.07, 6.45) is 1.70. The lowest BCUT2D eigenvalue weighted by molar-refractivity contribution is -0.385. The Morgan fingerprint density at radius 1 is 1.43 bits per heavy atom. The second-order valence-corrected chi connectivity index (χ2v) is 4.46. The summed E-state index contributed by atoms with van der Waals surface area (Å²) in [6, 6.07) is 0. The molecule has 10 heteroatoms. The molecule has 2 aromatic rings. The number of nitrogens with one attached hydrogen (secondary N) is 2. The van der Waals surface area contributed by atoms with Gasteiger partial charge in [-0.2, -0.15) is 10.1 Å². The number of nitrogens with two attached hydrogens (primary N) is 1. The zero-order chi connectivity index (χ0) is 15.6. The Morgan fingerprint density at radius 3 is 2.67 bits per heavy atom. The summed E-state index contributed by atoms with van der Waals surface area (Å²) in [5.74, 6) is 5.49. The third kappa shape index (κ3) is 2.89. The summed E-state index contributed by atoms with van der Waals surface area (Å²) in [4.78, 5) is 18.5. The third-order valence-electron chi connectivity index (χ3n) is 3.15. The Hall–Kier alpha value is -2.75. The van der Waals surface area contributed by atoms with Gasteiger partial charge >= 0.3 is 5.69 Å². The molecule has 0 amide bonds. The molecule has 112 valence electrons. The molecule has 0 fully saturated rings. The molecule has 0 aliphatic carbocycles. The average Bonchev–Trinajstić information content (AvgIpc) is 2.75. The van der Waals surface area contributed by atoms with E-state index in [2.05, 4.69) is 25.8 Å². The number of hydrogen-bond donors (Lipinski definition) is 3. The first-order valence-electron chi connectivity index (χ1n) is 6.15. The number of aryl methyl sites for hydroxylation is 2. The molecular formula is C11H16N8O2. The molecule has 0 spiro atoms. The van der Waals surface area contributed by atoms with Gasteiger partial charge in [0.15, 0.2) is 0 Å². The summed E-state index contributed by atoms with van der Waals surface area (Å²) in [6.45, 7) is 3.80. The first-order valence-corrected chi connectivity index (χ1v) is 6.15. The maximum Gasteiger partial charge on any atom is 0.332 e. The molecule has 0 aliphatic rings. The van der Waals surface area contributed by atoms with E-state index in [0.717, 1.165) is 11.3 Å². The van der Waals surface area contributed by atoms with Gasteiger partial charge in [-0.3, -0.25) is 20.2 Å². The summed E-state index contributed by atoms with van der Waals surface area (Å²) >= 11 is 0. The fraction of sp³-hybridized carbons (Fsp3) is 0.364. The van der Waals surface area contributed by atoms with Crippen LogP contribution in [0.3, 0.4) is 0 Å². The van der Waals surface area contributed by atoms with Gasteiger partial charge in [0, 0.05) is 24.8 Å². The van der Waals surface area contributed by atoms with Crippen LogP contribution in [0.15, 0.2) is 6.20 Å². The second-order valence-electron chi connectivity index (χ2n) is 4.46. The number of nitro groups is 1. The standard InChI is InChI=1S/C11H16N8O2/c1-6-9(19(20)21)10(16-11(15-6)17-12)13-4-8-5-14-18(3)7(8)2/h5H,4,12H2,1-3H3,(H2,13,15,16,17). The Balaban J connectivity index is 2.32. The molecule has 10 nitrogen and oxygen atoms in total. The van der Waals surface area contributed by atoms with E-state index in [1.165, 1.54) is 6.92 Å². The fourth-order valence-corrected chi connectivity index (χ4v) is 1.87. The van der Waals surface area contributed by atoms with Crippen molar-refractivity contribution in [2.45, 2.75) is 20.4 Å². The van der Waals surface area contributed by atoms with E-state index in [-0.39, 0.29) is 23.1 Å². The van der Waals surface area contributed by atoms with E-state index in [1.807, 2.05) is 14.0 Å². The molecule has 4 N–H and O–H groups in total. The maximum absolute atomic E-state index is 11.1. The van der Waals surface area contributed by atoms with Crippen LogP contribution in [-0.2, 0) is 13.6 Å². The van der Waals surface area contributed by atoms with Gasteiger partial charge < -0.3 is 5.32 Å². The zero-order valence-corrected chi connectivity index (χ0v) is 11.9. The van der Waals surface area contributed by atoms with E-state index in [0.29, 0.717) is 6.54 Å². The van der Waals surface area contributed by atoms with Gasteiger partial charge in [-0.05, 0) is 13.8 Å². The van der Waals surface area contributed by atoms with Crippen molar-refractivity contribution in [3.63, 3.8) is 0 Å². The lowest BCUT2D eigenvalue weighted by Gasteiger charge is -2.09. The van der Waals surface area contributed by atoms with Crippen molar-refractivity contribution in [2.75, 3.05) is 10.7 Å². The number of anilines is 2. The van der Waals surface area contributed by atoms with Gasteiger partial charge in [-0.15, -0.1) is 0 Å². The smallest absolute Gasteiger partial charge is 0.332 e. The van der Waals surface area contributed by atoms with Crippen LogP contribution in [0.1, 0.15) is 17.0 Å². The molecule has 0 unspecified atom stereocenters. The van der Waals surface area contributed by atoms with Crippen molar-refractivity contribution in [1.29, 1.82) is 0 Å². The normalized spacial score (nSPS) is 10.5. The quantitative estimate of drug-likeness (QED) is 0.414. The van der Waals surface area contributed by atoms with Crippen molar-refractivity contribution in [1.82, 2.24) is 19.7 Å². The van der Waals surface area contributed by atoms with Crippen LogP contribution in [0.5, 0.6) is 0 Å². The highest BCUT2D eigenvalue weighted by Crippen LogP contribution is 2.26. The van der Waals surface area contributed by atoms with Gasteiger partial charge in [0.1, 0.15) is 5.69 Å². The molecule has 0 saturated carbocycles. The highest BCUT2D eigenvalue weighted by molar-refractivity contribution is 5.60. The maximum atomic E-state index is 11.1. The van der Waals surface area contributed by atoms with E-state index >= 15 is 0 Å². The molecule has 0 radical (unpaired) electrons. The van der Waals surface area contributed by atoms with Crippen LogP contribution in [0.2, 0.25) is 0 Å². The zero-order valence-electron chi connectivity index (χ0n) is 11.9. The van der Waals surface area contributed by atoms with Gasteiger partial charge in [0.25, 0.3) is 0 Å².